The average molecular weight is 207 g/mol. The van der Waals surface area contributed by atoms with E-state index in [9.17, 15) is 0 Å². The maximum atomic E-state index is 5.23. The summed E-state index contributed by atoms with van der Waals surface area (Å²) in [4.78, 5) is 7.63. The van der Waals surface area contributed by atoms with Gasteiger partial charge in [0, 0.05) is 12.2 Å². The van der Waals surface area contributed by atoms with Gasteiger partial charge in [0.25, 0.3) is 0 Å². The minimum atomic E-state index is 0.764. The zero-order valence-corrected chi connectivity index (χ0v) is 9.19. The van der Waals surface area contributed by atoms with Crippen molar-refractivity contribution in [2.24, 2.45) is 0 Å². The van der Waals surface area contributed by atoms with Gasteiger partial charge in [-0.2, -0.15) is 0 Å². The summed E-state index contributed by atoms with van der Waals surface area (Å²) in [5, 5.41) is 0. The highest BCUT2D eigenvalue weighted by molar-refractivity contribution is 7.71. The monoisotopic (exact) mass is 207 g/mol. The molecule has 2 heterocycles. The van der Waals surface area contributed by atoms with E-state index < -0.39 is 0 Å². The molecule has 2 rings (SSSR count). The van der Waals surface area contributed by atoms with Gasteiger partial charge in [0.1, 0.15) is 0 Å². The number of H-pyrrole nitrogens is 1. The van der Waals surface area contributed by atoms with Crippen LogP contribution in [0.2, 0.25) is 0 Å². The Morgan fingerprint density at radius 1 is 1.50 bits per heavy atom. The lowest BCUT2D eigenvalue weighted by molar-refractivity contribution is 0.682. The smallest absolute Gasteiger partial charge is 0.179 e. The van der Waals surface area contributed by atoms with Crippen LogP contribution in [0.1, 0.15) is 19.0 Å². The maximum Gasteiger partial charge on any atom is 0.179 e. The van der Waals surface area contributed by atoms with Gasteiger partial charge >= 0.3 is 0 Å². The Morgan fingerprint density at radius 3 is 3.00 bits per heavy atom. The number of aromatic nitrogens is 3. The van der Waals surface area contributed by atoms with Gasteiger partial charge in [-0.1, -0.05) is 6.92 Å². The van der Waals surface area contributed by atoms with Crippen molar-refractivity contribution in [2.45, 2.75) is 26.8 Å². The molecule has 0 radical (unpaired) electrons. The molecule has 0 aromatic carbocycles. The van der Waals surface area contributed by atoms with Crippen LogP contribution in [0.15, 0.2) is 12.1 Å². The maximum absolute atomic E-state index is 5.23. The number of hydrogen-bond donors (Lipinski definition) is 1. The van der Waals surface area contributed by atoms with Gasteiger partial charge in [0.05, 0.1) is 5.52 Å². The third-order valence-corrected chi connectivity index (χ3v) is 2.53. The molecule has 2 aromatic heterocycles. The summed E-state index contributed by atoms with van der Waals surface area (Å²) in [6.45, 7) is 5.05. The summed E-state index contributed by atoms with van der Waals surface area (Å²) in [7, 11) is 0. The molecule has 0 unspecified atom stereocenters. The molecule has 74 valence electrons. The van der Waals surface area contributed by atoms with Gasteiger partial charge in [-0.15, -0.1) is 0 Å². The Morgan fingerprint density at radius 2 is 2.29 bits per heavy atom. The van der Waals surface area contributed by atoms with E-state index in [2.05, 4.69) is 21.5 Å². The summed E-state index contributed by atoms with van der Waals surface area (Å²) in [6.07, 6.45) is 1.07. The van der Waals surface area contributed by atoms with Crippen molar-refractivity contribution in [2.75, 3.05) is 0 Å². The fraction of sp³-hybridized carbons (Fsp3) is 0.400. The second kappa shape index (κ2) is 3.53. The molecule has 4 heteroatoms. The highest BCUT2D eigenvalue weighted by Crippen LogP contribution is 2.12. The number of pyridine rings is 1. The number of aromatic amines is 1. The van der Waals surface area contributed by atoms with Crippen molar-refractivity contribution in [3.05, 3.63) is 22.6 Å². The minimum absolute atomic E-state index is 0.764. The molecule has 0 spiro atoms. The molecule has 1 N–H and O–H groups in total. The third-order valence-electron chi connectivity index (χ3n) is 2.20. The normalized spacial score (nSPS) is 11.0. The number of fused-ring (bicyclic) bond motifs is 1. The first-order valence-corrected chi connectivity index (χ1v) is 5.19. The molecule has 0 aliphatic rings. The van der Waals surface area contributed by atoms with Crippen molar-refractivity contribution in [1.29, 1.82) is 0 Å². The van der Waals surface area contributed by atoms with Gasteiger partial charge < -0.3 is 9.55 Å². The Bertz CT molecular complexity index is 510. The van der Waals surface area contributed by atoms with Crippen molar-refractivity contribution in [1.82, 2.24) is 14.5 Å². The lowest BCUT2D eigenvalue weighted by Crippen LogP contribution is -1.98. The largest absolute Gasteiger partial charge is 0.329 e. The highest BCUT2D eigenvalue weighted by Gasteiger charge is 2.04. The number of nitrogens with zero attached hydrogens (tertiary/aromatic N) is 2. The van der Waals surface area contributed by atoms with E-state index in [-0.39, 0.29) is 0 Å². The quantitative estimate of drug-likeness (QED) is 0.768. The first-order chi connectivity index (χ1) is 6.72. The average Bonchev–Trinajstić information content (AvgIpc) is 2.45. The van der Waals surface area contributed by atoms with Crippen LogP contribution in [-0.2, 0) is 6.54 Å². The van der Waals surface area contributed by atoms with Crippen LogP contribution in [0.3, 0.4) is 0 Å². The highest BCUT2D eigenvalue weighted by atomic mass is 32.1. The lowest BCUT2D eigenvalue weighted by atomic mass is 10.3. The molecule has 0 aliphatic heterocycles. The van der Waals surface area contributed by atoms with Crippen molar-refractivity contribution in [3.63, 3.8) is 0 Å². The predicted octanol–water partition coefficient (Wildman–Crippen LogP) is 2.81. The van der Waals surface area contributed by atoms with Crippen LogP contribution >= 0.6 is 12.2 Å². The fourth-order valence-corrected chi connectivity index (χ4v) is 1.84. The Balaban J connectivity index is 2.73. The molecule has 14 heavy (non-hydrogen) atoms. The van der Waals surface area contributed by atoms with E-state index in [1.807, 2.05) is 19.1 Å². The molecule has 0 aliphatic carbocycles. The van der Waals surface area contributed by atoms with Gasteiger partial charge in [0.15, 0.2) is 10.4 Å². The van der Waals surface area contributed by atoms with E-state index >= 15 is 0 Å². The van der Waals surface area contributed by atoms with E-state index in [1.54, 1.807) is 0 Å². The van der Waals surface area contributed by atoms with E-state index in [1.165, 1.54) is 0 Å². The van der Waals surface area contributed by atoms with Gasteiger partial charge in [0.2, 0.25) is 0 Å². The van der Waals surface area contributed by atoms with Gasteiger partial charge in [-0.25, -0.2) is 4.98 Å². The molecular weight excluding hydrogens is 194 g/mol. The number of imidazole rings is 1. The summed E-state index contributed by atoms with van der Waals surface area (Å²) in [5.74, 6) is 0. The SMILES string of the molecule is CCCn1c(=S)[nH]c2ccc(C)nc21. The summed E-state index contributed by atoms with van der Waals surface area (Å²) in [6, 6.07) is 4.02. The molecule has 0 saturated carbocycles. The standard InChI is InChI=1S/C10H13N3S/c1-3-6-13-9-8(12-10(13)14)5-4-7(2)11-9/h4-5H,3,6H2,1-2H3,(H,12,14). The third kappa shape index (κ3) is 1.46. The Labute approximate surface area is 87.8 Å². The zero-order chi connectivity index (χ0) is 10.1. The topological polar surface area (TPSA) is 33.6 Å². The number of nitrogens with one attached hydrogen (secondary N) is 1. The minimum Gasteiger partial charge on any atom is -0.329 e. The predicted molar refractivity (Wildman–Crippen MR) is 59.9 cm³/mol. The molecular formula is C10H13N3S. The molecule has 0 atom stereocenters. The summed E-state index contributed by atoms with van der Waals surface area (Å²) in [5.41, 5.74) is 3.02. The fourth-order valence-electron chi connectivity index (χ4n) is 1.56. The van der Waals surface area contributed by atoms with Crippen molar-refractivity contribution >= 4 is 23.4 Å². The van der Waals surface area contributed by atoms with Gasteiger partial charge in [-0.05, 0) is 37.7 Å². The van der Waals surface area contributed by atoms with Crippen LogP contribution in [0, 0.1) is 11.7 Å². The second-order valence-corrected chi connectivity index (χ2v) is 3.79. The number of aryl methyl sites for hydroxylation is 2. The number of rotatable bonds is 2. The molecule has 3 nitrogen and oxygen atoms in total. The van der Waals surface area contributed by atoms with Crippen LogP contribution in [0.5, 0.6) is 0 Å². The van der Waals surface area contributed by atoms with Crippen LogP contribution in [-0.4, -0.2) is 14.5 Å². The zero-order valence-electron chi connectivity index (χ0n) is 8.37. The van der Waals surface area contributed by atoms with E-state index in [0.717, 1.165) is 34.6 Å². The Hall–Kier alpha value is -1.16. The van der Waals surface area contributed by atoms with E-state index in [4.69, 9.17) is 12.2 Å². The lowest BCUT2D eigenvalue weighted by Gasteiger charge is -2.00. The summed E-state index contributed by atoms with van der Waals surface area (Å²) >= 11 is 5.23. The van der Waals surface area contributed by atoms with Crippen molar-refractivity contribution in [3.8, 4) is 0 Å². The summed E-state index contributed by atoms with van der Waals surface area (Å²) < 4.78 is 2.82. The molecule has 0 fully saturated rings. The molecule has 2 aromatic rings. The second-order valence-electron chi connectivity index (χ2n) is 3.41. The van der Waals surface area contributed by atoms with Gasteiger partial charge in [-0.3, -0.25) is 0 Å². The van der Waals surface area contributed by atoms with Crippen LogP contribution in [0.4, 0.5) is 0 Å². The van der Waals surface area contributed by atoms with Crippen LogP contribution in [0.25, 0.3) is 11.2 Å². The van der Waals surface area contributed by atoms with Crippen LogP contribution < -0.4 is 0 Å². The first-order valence-electron chi connectivity index (χ1n) is 4.78. The van der Waals surface area contributed by atoms with Crippen molar-refractivity contribution < 1.29 is 0 Å². The Kier molecular flexibility index (Phi) is 2.37. The number of hydrogen-bond acceptors (Lipinski definition) is 2. The molecule has 0 bridgehead atoms. The molecule has 0 amide bonds. The first kappa shape index (κ1) is 9.40. The van der Waals surface area contributed by atoms with E-state index in [0.29, 0.717) is 0 Å². The molecule has 0 saturated heterocycles.